The first-order chi connectivity index (χ1) is 6.35. The molecule has 0 aliphatic heterocycles. The number of ether oxygens (including phenoxy) is 1. The number of hydroxylamine groups is 1. The van der Waals surface area contributed by atoms with Crippen LogP contribution in [0.25, 0.3) is 0 Å². The highest BCUT2D eigenvalue weighted by Gasteiger charge is 2.22. The Labute approximate surface area is 95.5 Å². The first-order valence-electron chi connectivity index (χ1n) is 3.54. The monoisotopic (exact) mass is 263 g/mol. The molecule has 0 saturated carbocycles. The van der Waals surface area contributed by atoms with Gasteiger partial charge in [0.25, 0.3) is 0 Å². The number of carbonyl (C=O) groups is 2. The second-order valence-corrected chi connectivity index (χ2v) is 4.64. The van der Waals surface area contributed by atoms with Crippen molar-refractivity contribution in [1.82, 2.24) is 5.48 Å². The Morgan fingerprint density at radius 1 is 1.36 bits per heavy atom. The lowest BCUT2D eigenvalue weighted by molar-refractivity contribution is -0.149. The van der Waals surface area contributed by atoms with Crippen molar-refractivity contribution in [3.05, 3.63) is 0 Å². The molecule has 0 radical (unpaired) electrons. The van der Waals surface area contributed by atoms with Crippen molar-refractivity contribution < 1.29 is 19.2 Å². The van der Waals surface area contributed by atoms with Crippen LogP contribution >= 0.6 is 34.8 Å². The minimum absolute atomic E-state index is 0.130. The molecule has 0 aliphatic carbocycles. The SMILES string of the molecule is CCC(=O)ONC(=O)OCC(Cl)(Cl)Cl. The lowest BCUT2D eigenvalue weighted by Crippen LogP contribution is -2.30. The number of carbonyl (C=O) groups excluding carboxylic acids is 2. The molecule has 0 bridgehead atoms. The topological polar surface area (TPSA) is 64.6 Å². The van der Waals surface area contributed by atoms with E-state index in [1.165, 1.54) is 0 Å². The molecular weight excluding hydrogens is 256 g/mol. The van der Waals surface area contributed by atoms with E-state index in [0.717, 1.165) is 0 Å². The van der Waals surface area contributed by atoms with Gasteiger partial charge in [-0.05, 0) is 0 Å². The summed E-state index contributed by atoms with van der Waals surface area (Å²) in [6.45, 7) is 1.13. The minimum Gasteiger partial charge on any atom is -0.443 e. The number of hydrogen-bond donors (Lipinski definition) is 1. The predicted octanol–water partition coefficient (Wildman–Crippen LogP) is 1.95. The highest BCUT2D eigenvalue weighted by Crippen LogP contribution is 2.25. The van der Waals surface area contributed by atoms with Gasteiger partial charge in [-0.1, -0.05) is 41.7 Å². The van der Waals surface area contributed by atoms with E-state index in [2.05, 4.69) is 9.57 Å². The van der Waals surface area contributed by atoms with Gasteiger partial charge in [-0.25, -0.2) is 9.59 Å². The zero-order chi connectivity index (χ0) is 11.2. The number of halogens is 3. The van der Waals surface area contributed by atoms with E-state index in [4.69, 9.17) is 34.8 Å². The Bertz CT molecular complexity index is 216. The smallest absolute Gasteiger partial charge is 0.440 e. The standard InChI is InChI=1S/C6H8Cl3NO4/c1-2-4(11)14-10-5(12)13-3-6(7,8)9/h2-3H2,1H3,(H,10,12). The summed E-state index contributed by atoms with van der Waals surface area (Å²) in [6, 6.07) is 0. The summed E-state index contributed by atoms with van der Waals surface area (Å²) in [7, 11) is 0. The summed E-state index contributed by atoms with van der Waals surface area (Å²) in [5.74, 6) is -0.601. The summed E-state index contributed by atoms with van der Waals surface area (Å²) in [5, 5.41) is 0. The number of nitrogens with one attached hydrogen (secondary N) is 1. The Hall–Kier alpha value is -0.390. The summed E-state index contributed by atoms with van der Waals surface area (Å²) >= 11 is 15.9. The van der Waals surface area contributed by atoms with Crippen LogP contribution in [0.2, 0.25) is 0 Å². The van der Waals surface area contributed by atoms with Gasteiger partial charge in [0.15, 0.2) is 0 Å². The van der Waals surface area contributed by atoms with Gasteiger partial charge in [-0.3, -0.25) is 0 Å². The van der Waals surface area contributed by atoms with Crippen LogP contribution in [-0.4, -0.2) is 22.5 Å². The maximum absolute atomic E-state index is 10.7. The van der Waals surface area contributed by atoms with Crippen molar-refractivity contribution in [3.63, 3.8) is 0 Å². The largest absolute Gasteiger partial charge is 0.443 e. The summed E-state index contributed by atoms with van der Waals surface area (Å²) in [6.07, 6.45) is -0.872. The average Bonchev–Trinajstić information content (AvgIpc) is 2.09. The quantitative estimate of drug-likeness (QED) is 0.611. The zero-order valence-corrected chi connectivity index (χ0v) is 9.45. The fourth-order valence-corrected chi connectivity index (χ4v) is 0.511. The molecule has 5 nitrogen and oxygen atoms in total. The van der Waals surface area contributed by atoms with Crippen LogP contribution in [0.5, 0.6) is 0 Å². The van der Waals surface area contributed by atoms with Crippen molar-refractivity contribution in [2.45, 2.75) is 17.1 Å². The molecule has 82 valence electrons. The maximum Gasteiger partial charge on any atom is 0.440 e. The lowest BCUT2D eigenvalue weighted by atomic mass is 10.5. The molecule has 0 spiro atoms. The van der Waals surface area contributed by atoms with Crippen LogP contribution in [0.4, 0.5) is 4.79 Å². The zero-order valence-electron chi connectivity index (χ0n) is 7.18. The van der Waals surface area contributed by atoms with Gasteiger partial charge >= 0.3 is 12.1 Å². The van der Waals surface area contributed by atoms with Crippen LogP contribution in [0.1, 0.15) is 13.3 Å². The van der Waals surface area contributed by atoms with E-state index < -0.39 is 22.5 Å². The molecule has 1 N–H and O–H groups in total. The first kappa shape index (κ1) is 13.6. The lowest BCUT2D eigenvalue weighted by Gasteiger charge is -2.11. The molecule has 1 amide bonds. The summed E-state index contributed by atoms with van der Waals surface area (Å²) < 4.78 is 2.69. The highest BCUT2D eigenvalue weighted by molar-refractivity contribution is 6.67. The minimum atomic E-state index is -1.69. The molecule has 0 fully saturated rings. The van der Waals surface area contributed by atoms with Crippen molar-refractivity contribution >= 4 is 46.9 Å². The Morgan fingerprint density at radius 3 is 2.36 bits per heavy atom. The van der Waals surface area contributed by atoms with E-state index in [1.54, 1.807) is 12.4 Å². The van der Waals surface area contributed by atoms with Crippen LogP contribution in [-0.2, 0) is 14.4 Å². The third-order valence-electron chi connectivity index (χ3n) is 0.904. The van der Waals surface area contributed by atoms with E-state index >= 15 is 0 Å². The Kier molecular flexibility index (Phi) is 5.99. The molecule has 0 aliphatic rings. The molecule has 0 aromatic carbocycles. The Balaban J connectivity index is 3.62. The van der Waals surface area contributed by atoms with E-state index in [0.29, 0.717) is 0 Å². The number of hydrogen-bond acceptors (Lipinski definition) is 4. The van der Waals surface area contributed by atoms with Crippen molar-refractivity contribution in [2.24, 2.45) is 0 Å². The van der Waals surface area contributed by atoms with Gasteiger partial charge in [0.1, 0.15) is 6.61 Å². The number of rotatable bonds is 2. The average molecular weight is 264 g/mol. The van der Waals surface area contributed by atoms with Crippen molar-refractivity contribution in [3.8, 4) is 0 Å². The van der Waals surface area contributed by atoms with Gasteiger partial charge in [-0.2, -0.15) is 0 Å². The van der Waals surface area contributed by atoms with E-state index in [-0.39, 0.29) is 6.42 Å². The summed E-state index contributed by atoms with van der Waals surface area (Å²) in [4.78, 5) is 25.5. The van der Waals surface area contributed by atoms with E-state index in [1.807, 2.05) is 0 Å². The fraction of sp³-hybridized carbons (Fsp3) is 0.667. The van der Waals surface area contributed by atoms with Gasteiger partial charge < -0.3 is 9.57 Å². The molecule has 0 aromatic heterocycles. The third kappa shape index (κ3) is 8.22. The van der Waals surface area contributed by atoms with Crippen LogP contribution < -0.4 is 5.48 Å². The molecule has 0 saturated heterocycles. The highest BCUT2D eigenvalue weighted by atomic mass is 35.6. The Morgan fingerprint density at radius 2 is 1.93 bits per heavy atom. The van der Waals surface area contributed by atoms with Gasteiger partial charge in [-0.15, -0.1) is 5.48 Å². The third-order valence-corrected chi connectivity index (χ3v) is 1.23. The molecule has 0 aromatic rings. The van der Waals surface area contributed by atoms with Gasteiger partial charge in [0, 0.05) is 6.42 Å². The van der Waals surface area contributed by atoms with Gasteiger partial charge in [0.2, 0.25) is 3.79 Å². The van der Waals surface area contributed by atoms with Gasteiger partial charge in [0.05, 0.1) is 0 Å². The fourth-order valence-electron chi connectivity index (χ4n) is 0.348. The molecule has 14 heavy (non-hydrogen) atoms. The van der Waals surface area contributed by atoms with Crippen LogP contribution in [0.3, 0.4) is 0 Å². The van der Waals surface area contributed by atoms with Crippen LogP contribution in [0, 0.1) is 0 Å². The molecule has 0 rings (SSSR count). The maximum atomic E-state index is 10.7. The van der Waals surface area contributed by atoms with Crippen molar-refractivity contribution in [1.29, 1.82) is 0 Å². The van der Waals surface area contributed by atoms with Crippen molar-refractivity contribution in [2.75, 3.05) is 6.61 Å². The molecule has 8 heteroatoms. The molecule has 0 heterocycles. The molecule has 0 unspecified atom stereocenters. The second-order valence-electron chi connectivity index (χ2n) is 2.12. The van der Waals surface area contributed by atoms with Crippen LogP contribution in [0.15, 0.2) is 0 Å². The summed E-state index contributed by atoms with van der Waals surface area (Å²) in [5.41, 5.74) is 1.72. The number of alkyl halides is 3. The first-order valence-corrected chi connectivity index (χ1v) is 4.67. The molecule has 0 atom stereocenters. The van der Waals surface area contributed by atoms with E-state index in [9.17, 15) is 9.59 Å². The molecular formula is C6H8Cl3NO4. The predicted molar refractivity (Wildman–Crippen MR) is 51.2 cm³/mol. The normalized spacial score (nSPS) is 10.6. The number of amides is 1. The second kappa shape index (κ2) is 6.16.